The van der Waals surface area contributed by atoms with E-state index in [1.54, 1.807) is 12.1 Å². The van der Waals surface area contributed by atoms with Gasteiger partial charge in [0.05, 0.1) is 103 Å². The van der Waals surface area contributed by atoms with Crippen molar-refractivity contribution in [3.05, 3.63) is 212 Å². The van der Waals surface area contributed by atoms with Crippen LogP contribution in [0.15, 0.2) is 146 Å². The smallest absolute Gasteiger partial charge is 0.335 e. The molecule has 6 rings (SSSR count). The first-order valence-electron chi connectivity index (χ1n) is 44.7. The minimum atomic E-state index is -1.28. The molecule has 0 aliphatic heterocycles. The molecule has 0 saturated carbocycles. The number of hydrogen-bond acceptors (Lipinski definition) is 19. The molecule has 0 radical (unpaired) electrons. The fourth-order valence-corrected chi connectivity index (χ4v) is 12.7. The third kappa shape index (κ3) is 54.3. The number of methoxy groups -OCH3 is 1. The summed E-state index contributed by atoms with van der Waals surface area (Å²) in [7, 11) is 1.41. The Bertz CT molecular complexity index is 3830. The van der Waals surface area contributed by atoms with E-state index in [0.717, 1.165) is 72.8 Å². The van der Waals surface area contributed by atoms with Gasteiger partial charge in [-0.2, -0.15) is 0 Å². The van der Waals surface area contributed by atoms with Crippen molar-refractivity contribution in [3.63, 3.8) is 0 Å². The SMILES string of the molecule is CCC(C)C(=O)OC.CCC(C)c1ccc(C(=O)O)cc1.CCC(C)c1ccc(CN(CC(=O)O)CC(=O)O)cc1.CCC(C)c1ccc(CN(CC(=O)O)CC(=O)O)cc1.CCC(C)c1ccc(CN(CC(=O)O)CC(=O)O)cc1.CCC(C)c1ccc(CN(CC(=O)[O-])CC(=O)O)cc1.CCC(C)c1ccc(CNC(CC(=O)O)C(=O)O)cc1.CC[N+](CC)(CC)CC. The molecule has 8 atom stereocenters. The summed E-state index contributed by atoms with van der Waals surface area (Å²) in [6.07, 6.45) is 6.79. The van der Waals surface area contributed by atoms with Crippen LogP contribution >= 0.6 is 0 Å². The number of aliphatic carboxylic acids is 10. The molecule has 0 bridgehead atoms. The van der Waals surface area contributed by atoms with Crippen molar-refractivity contribution >= 4 is 71.6 Å². The monoisotopic (exact) mass is 1820 g/mol. The van der Waals surface area contributed by atoms with Crippen LogP contribution in [0.5, 0.6) is 0 Å². The average molecular weight is 1820 g/mol. The van der Waals surface area contributed by atoms with Gasteiger partial charge in [-0.05, 0) is 181 Å². The molecule has 0 aliphatic rings. The molecular formula is C100H150N6O24. The van der Waals surface area contributed by atoms with E-state index in [9.17, 15) is 62.6 Å². The van der Waals surface area contributed by atoms with Crippen LogP contribution in [0, 0.1) is 5.92 Å². The molecule has 30 nitrogen and oxygen atoms in total. The Kier molecular flexibility index (Phi) is 63.0. The van der Waals surface area contributed by atoms with Crippen molar-refractivity contribution in [2.75, 3.05) is 85.6 Å². The number of hydrogen-bond donors (Lipinski definition) is 11. The minimum absolute atomic E-state index is 0.0556. The van der Waals surface area contributed by atoms with E-state index in [4.69, 9.17) is 51.1 Å². The van der Waals surface area contributed by atoms with Gasteiger partial charge < -0.3 is 70.2 Å². The number of carbonyl (C=O) groups is 12. The zero-order valence-corrected chi connectivity index (χ0v) is 80.1. The van der Waals surface area contributed by atoms with Crippen LogP contribution in [0.2, 0.25) is 0 Å². The molecule has 0 spiro atoms. The summed E-state index contributed by atoms with van der Waals surface area (Å²) in [5, 5.41) is 101. The zero-order chi connectivity index (χ0) is 99.3. The van der Waals surface area contributed by atoms with Gasteiger partial charge in [-0.3, -0.25) is 72.9 Å². The number of carbonyl (C=O) groups excluding carboxylic acids is 2. The van der Waals surface area contributed by atoms with Crippen LogP contribution in [0.3, 0.4) is 0 Å². The Labute approximate surface area is 769 Å². The van der Waals surface area contributed by atoms with Gasteiger partial charge >= 0.3 is 65.7 Å². The zero-order valence-electron chi connectivity index (χ0n) is 80.1. The number of carboxylic acids is 11. The molecule has 0 aliphatic carbocycles. The summed E-state index contributed by atoms with van der Waals surface area (Å²) in [6, 6.07) is 45.4. The topological polar surface area (TPSA) is 464 Å². The Morgan fingerprint density at radius 1 is 0.315 bits per heavy atom. The van der Waals surface area contributed by atoms with Gasteiger partial charge in [-0.25, -0.2) is 4.79 Å². The van der Waals surface area contributed by atoms with E-state index in [-0.39, 0.29) is 70.8 Å². The Balaban J connectivity index is 0. The first-order valence-corrected chi connectivity index (χ1v) is 44.7. The highest BCUT2D eigenvalue weighted by atomic mass is 16.5. The number of benzene rings is 6. The molecule has 0 fully saturated rings. The Hall–Kier alpha value is -11.3. The maximum atomic E-state index is 10.9. The maximum Gasteiger partial charge on any atom is 0.335 e. The first kappa shape index (κ1) is 121. The van der Waals surface area contributed by atoms with E-state index >= 15 is 0 Å². The maximum absolute atomic E-state index is 10.9. The molecule has 130 heavy (non-hydrogen) atoms. The highest BCUT2D eigenvalue weighted by Crippen LogP contribution is 2.25. The van der Waals surface area contributed by atoms with E-state index in [1.165, 1.54) is 90.8 Å². The normalized spacial score (nSPS) is 12.6. The molecule has 0 heterocycles. The number of ether oxygens (including phenoxy) is 1. The number of nitrogens with one attached hydrogen (secondary N) is 1. The Morgan fingerprint density at radius 3 is 0.685 bits per heavy atom. The highest BCUT2D eigenvalue weighted by molar-refractivity contribution is 5.87. The standard InChI is InChI=1S/5C15H21NO4.C11H14O2.C8H20N.C6H12O2/c4*1-3-11(2)13-6-4-12(5-7-13)8-16(9-14(17)18)10-15(19)20;1-3-10(2)12-6-4-11(5-7-12)9-16-13(15(19)20)8-14(17)18;1-3-8(2)9-4-6-10(7-5-9)11(12)13;1-5-9(6-2,7-3)8-4;1-4-5(2)6(7)8-3/h4*4-7,11H,3,8-10H2,1-2H3,(H,17,18)(H,19,20);4-7,10,13,16H,3,8-9H2,1-2H3,(H,17,18)(H,19,20);4-8H,3H2,1-2H3,(H,12,13);5-8H2,1-4H3;5H,4H2,1-3H3/q;;;;;;+1;/p-1. The van der Waals surface area contributed by atoms with E-state index < -0.39 is 78.1 Å². The van der Waals surface area contributed by atoms with Gasteiger partial charge in [0.2, 0.25) is 0 Å². The fourth-order valence-electron chi connectivity index (χ4n) is 12.7. The molecule has 6 aromatic rings. The summed E-state index contributed by atoms with van der Waals surface area (Å²) < 4.78 is 5.74. The number of aromatic carboxylic acids is 1. The highest BCUT2D eigenvalue weighted by Gasteiger charge is 2.23. The summed E-state index contributed by atoms with van der Waals surface area (Å²) in [6.45, 7) is 42.8. The predicted molar refractivity (Wildman–Crippen MR) is 502 cm³/mol. The number of carboxylic acid groups (broad SMARTS) is 11. The van der Waals surface area contributed by atoms with Gasteiger partial charge in [0.15, 0.2) is 0 Å². The predicted octanol–water partition coefficient (Wildman–Crippen LogP) is 15.6. The van der Waals surface area contributed by atoms with Crippen LogP contribution in [0.25, 0.3) is 0 Å². The van der Waals surface area contributed by atoms with Crippen molar-refractivity contribution in [2.45, 2.75) is 250 Å². The molecule has 0 amide bonds. The minimum Gasteiger partial charge on any atom is -0.549 e. The molecule has 724 valence electrons. The van der Waals surface area contributed by atoms with Gasteiger partial charge in [0.25, 0.3) is 0 Å². The fraction of sp³-hybridized carbons (Fsp3) is 0.520. The number of nitrogens with zero attached hydrogens (tertiary/aromatic N) is 5. The van der Waals surface area contributed by atoms with Crippen LogP contribution in [0.4, 0.5) is 0 Å². The summed E-state index contributed by atoms with van der Waals surface area (Å²) in [5.74, 6) is -8.76. The third-order valence-electron chi connectivity index (χ3n) is 22.8. The summed E-state index contributed by atoms with van der Waals surface area (Å²) in [5.41, 5.74) is 12.3. The number of quaternary nitrogens is 1. The molecular weight excluding hydrogens is 1670 g/mol. The molecule has 8 unspecified atom stereocenters. The van der Waals surface area contributed by atoms with E-state index in [0.29, 0.717) is 67.2 Å². The molecule has 0 aromatic heterocycles. The summed E-state index contributed by atoms with van der Waals surface area (Å²) >= 11 is 0. The first-order chi connectivity index (χ1) is 61.2. The van der Waals surface area contributed by atoms with Crippen molar-refractivity contribution in [1.29, 1.82) is 0 Å². The van der Waals surface area contributed by atoms with Crippen molar-refractivity contribution in [3.8, 4) is 0 Å². The van der Waals surface area contributed by atoms with Crippen molar-refractivity contribution in [1.82, 2.24) is 24.9 Å². The molecule has 0 saturated heterocycles. The van der Waals surface area contributed by atoms with Crippen molar-refractivity contribution < 1.29 is 123 Å². The number of rotatable bonds is 49. The van der Waals surface area contributed by atoms with E-state index in [2.05, 4.69) is 121 Å². The Morgan fingerprint density at radius 2 is 0.531 bits per heavy atom. The third-order valence-corrected chi connectivity index (χ3v) is 22.8. The second-order valence-corrected chi connectivity index (χ2v) is 32.5. The van der Waals surface area contributed by atoms with Crippen LogP contribution in [-0.2, 0) is 90.2 Å². The molecule has 30 heteroatoms. The lowest BCUT2D eigenvalue weighted by Crippen LogP contribution is -2.47. The lowest BCUT2D eigenvalue weighted by molar-refractivity contribution is -0.921. The average Bonchev–Trinajstić information content (AvgIpc) is 0.862. The van der Waals surface area contributed by atoms with Crippen LogP contribution in [0.1, 0.15) is 283 Å². The van der Waals surface area contributed by atoms with Gasteiger partial charge in [0.1, 0.15) is 6.04 Å². The van der Waals surface area contributed by atoms with Gasteiger partial charge in [0, 0.05) is 39.3 Å². The molecule has 6 aromatic carbocycles. The van der Waals surface area contributed by atoms with Crippen LogP contribution < -0.4 is 10.4 Å². The summed E-state index contributed by atoms with van der Waals surface area (Å²) in [4.78, 5) is 134. The van der Waals surface area contributed by atoms with Crippen LogP contribution in [-0.4, -0.2) is 238 Å². The van der Waals surface area contributed by atoms with E-state index in [1.807, 2.05) is 147 Å². The largest absolute Gasteiger partial charge is 0.549 e. The lowest BCUT2D eigenvalue weighted by atomic mass is 9.97. The van der Waals surface area contributed by atoms with Gasteiger partial charge in [-0.1, -0.05) is 230 Å². The number of esters is 1. The lowest BCUT2D eigenvalue weighted by Gasteiger charge is -2.34. The van der Waals surface area contributed by atoms with Crippen molar-refractivity contribution in [2.24, 2.45) is 5.92 Å². The second-order valence-electron chi connectivity index (χ2n) is 32.5. The van der Waals surface area contributed by atoms with Gasteiger partial charge in [-0.15, -0.1) is 0 Å². The quantitative estimate of drug-likeness (QED) is 0.0125. The second kappa shape index (κ2) is 67.9. The molecule has 11 N–H and O–H groups in total.